The van der Waals surface area contributed by atoms with Crippen molar-refractivity contribution < 1.29 is 15.1 Å². The number of quaternary nitrogens is 3. The molecule has 0 aliphatic carbocycles. The molecule has 0 spiro atoms. The van der Waals surface area contributed by atoms with Crippen LogP contribution in [-0.4, -0.2) is 51.9 Å². The van der Waals surface area contributed by atoms with Gasteiger partial charge < -0.3 is 15.1 Å². The van der Waals surface area contributed by atoms with Gasteiger partial charge in [-0.05, 0) is 20.8 Å². The zero-order valence-electron chi connectivity index (χ0n) is 11.5. The number of hydrogen-bond donors (Lipinski definition) is 3. The van der Waals surface area contributed by atoms with E-state index in [4.69, 9.17) is 0 Å². The van der Waals surface area contributed by atoms with Crippen LogP contribution in [0.25, 0.3) is 0 Å². The van der Waals surface area contributed by atoms with Crippen molar-refractivity contribution in [2.75, 3.05) is 45.8 Å². The van der Waals surface area contributed by atoms with Crippen LogP contribution in [0.3, 0.4) is 0 Å². The van der Waals surface area contributed by atoms with E-state index in [0.29, 0.717) is 0 Å². The fourth-order valence-electron chi connectivity index (χ4n) is 2.76. The SMILES string of the molecule is CC[NH+](CC)CC[NH2+]C1CC[NH+](CC)CC1. The normalized spacial score (nSPS) is 26.2. The van der Waals surface area contributed by atoms with Crippen molar-refractivity contribution in [1.82, 2.24) is 0 Å². The van der Waals surface area contributed by atoms with Gasteiger partial charge in [0.15, 0.2) is 0 Å². The second-order valence-electron chi connectivity index (χ2n) is 5.17. The number of nitrogens with one attached hydrogen (secondary N) is 2. The molecule has 1 rings (SSSR count). The van der Waals surface area contributed by atoms with Crippen LogP contribution in [0.15, 0.2) is 0 Å². The van der Waals surface area contributed by atoms with Gasteiger partial charge in [0.1, 0.15) is 13.1 Å². The van der Waals surface area contributed by atoms with E-state index in [1.54, 1.807) is 9.80 Å². The van der Waals surface area contributed by atoms with E-state index < -0.39 is 0 Å². The maximum atomic E-state index is 2.61. The molecule has 0 unspecified atom stereocenters. The molecule has 1 heterocycles. The first-order chi connectivity index (χ1) is 7.80. The molecule has 1 saturated heterocycles. The molecule has 1 aliphatic rings. The molecule has 0 bridgehead atoms. The predicted octanol–water partition coefficient (Wildman–Crippen LogP) is -2.46. The average Bonchev–Trinajstić information content (AvgIpc) is 2.35. The smallest absolute Gasteiger partial charge is 0.127 e. The van der Waals surface area contributed by atoms with Crippen LogP contribution < -0.4 is 15.1 Å². The number of likely N-dealkylation sites (tertiary alicyclic amines) is 1. The molecule has 0 atom stereocenters. The maximum absolute atomic E-state index is 2.61. The summed E-state index contributed by atoms with van der Waals surface area (Å²) in [5, 5.41) is 2.61. The molecule has 0 aromatic carbocycles. The molecule has 0 aromatic rings. The highest BCUT2D eigenvalue weighted by Crippen LogP contribution is 1.92. The Balaban J connectivity index is 2.06. The number of nitrogens with two attached hydrogens (primary N) is 1. The van der Waals surface area contributed by atoms with Gasteiger partial charge in [-0.2, -0.15) is 0 Å². The molecule has 0 saturated carbocycles. The van der Waals surface area contributed by atoms with Crippen molar-refractivity contribution in [3.8, 4) is 0 Å². The summed E-state index contributed by atoms with van der Waals surface area (Å²) >= 11 is 0. The molecule has 0 amide bonds. The fourth-order valence-corrected chi connectivity index (χ4v) is 2.76. The van der Waals surface area contributed by atoms with E-state index in [1.165, 1.54) is 58.7 Å². The summed E-state index contributed by atoms with van der Waals surface area (Å²) in [4.78, 5) is 3.55. The van der Waals surface area contributed by atoms with Crippen molar-refractivity contribution in [3.05, 3.63) is 0 Å². The minimum atomic E-state index is 0.922. The number of piperidine rings is 1. The van der Waals surface area contributed by atoms with Gasteiger partial charge in [0.25, 0.3) is 0 Å². The summed E-state index contributed by atoms with van der Waals surface area (Å²) in [6.45, 7) is 16.2. The predicted molar refractivity (Wildman–Crippen MR) is 68.0 cm³/mol. The highest BCUT2D eigenvalue weighted by Gasteiger charge is 2.23. The van der Waals surface area contributed by atoms with Crippen LogP contribution in [0.2, 0.25) is 0 Å². The van der Waals surface area contributed by atoms with Gasteiger partial charge >= 0.3 is 0 Å². The lowest BCUT2D eigenvalue weighted by Crippen LogP contribution is -3.16. The summed E-state index contributed by atoms with van der Waals surface area (Å²) in [5.41, 5.74) is 0. The number of rotatable bonds is 7. The monoisotopic (exact) mass is 230 g/mol. The van der Waals surface area contributed by atoms with Gasteiger partial charge in [0.05, 0.1) is 38.8 Å². The Morgan fingerprint density at radius 3 is 2.25 bits per heavy atom. The Hall–Kier alpha value is -0.120. The van der Waals surface area contributed by atoms with Crippen molar-refractivity contribution in [2.24, 2.45) is 0 Å². The van der Waals surface area contributed by atoms with E-state index >= 15 is 0 Å². The Labute approximate surface area is 101 Å². The molecule has 3 nitrogen and oxygen atoms in total. The summed E-state index contributed by atoms with van der Waals surface area (Å²) in [7, 11) is 0. The molecule has 1 aliphatic heterocycles. The van der Waals surface area contributed by atoms with Crippen molar-refractivity contribution in [1.29, 1.82) is 0 Å². The van der Waals surface area contributed by atoms with Gasteiger partial charge in [-0.15, -0.1) is 0 Å². The largest absolute Gasteiger partial charge is 0.339 e. The molecule has 1 fully saturated rings. The van der Waals surface area contributed by atoms with Crippen LogP contribution in [0, 0.1) is 0 Å². The quantitative estimate of drug-likeness (QED) is 0.433. The standard InChI is InChI=1S/C13H29N3/c1-4-15(5-2)12-9-14-13-7-10-16(6-3)11-8-13/h13-14H,4-12H2,1-3H3/p+3. The zero-order chi connectivity index (χ0) is 11.8. The second-order valence-corrected chi connectivity index (χ2v) is 5.17. The van der Waals surface area contributed by atoms with Gasteiger partial charge in [-0.3, -0.25) is 0 Å². The molecule has 96 valence electrons. The first-order valence-corrected chi connectivity index (χ1v) is 7.30. The highest BCUT2D eigenvalue weighted by molar-refractivity contribution is 4.57. The van der Waals surface area contributed by atoms with Gasteiger partial charge in [-0.25, -0.2) is 0 Å². The number of likely N-dealkylation sites (N-methyl/N-ethyl adjacent to an activating group) is 1. The van der Waals surface area contributed by atoms with Gasteiger partial charge in [0, 0.05) is 12.8 Å². The third-order valence-electron chi connectivity index (χ3n) is 4.24. The summed E-state index contributed by atoms with van der Waals surface area (Å²) in [6, 6.07) is 0.922. The van der Waals surface area contributed by atoms with Crippen molar-refractivity contribution in [3.63, 3.8) is 0 Å². The average molecular weight is 230 g/mol. The Morgan fingerprint density at radius 2 is 1.75 bits per heavy atom. The van der Waals surface area contributed by atoms with Crippen LogP contribution in [0.5, 0.6) is 0 Å². The lowest BCUT2D eigenvalue weighted by molar-refractivity contribution is -0.922. The van der Waals surface area contributed by atoms with E-state index in [1.807, 2.05) is 0 Å². The van der Waals surface area contributed by atoms with E-state index in [0.717, 1.165) is 6.04 Å². The lowest BCUT2D eigenvalue weighted by Gasteiger charge is -2.27. The van der Waals surface area contributed by atoms with E-state index in [9.17, 15) is 0 Å². The fraction of sp³-hybridized carbons (Fsp3) is 1.00. The van der Waals surface area contributed by atoms with E-state index in [2.05, 4.69) is 26.1 Å². The maximum Gasteiger partial charge on any atom is 0.127 e. The molecule has 0 aromatic heterocycles. The molecular formula is C13H32N3+3. The highest BCUT2D eigenvalue weighted by atomic mass is 15.2. The summed E-state index contributed by atoms with van der Waals surface area (Å²) in [5.74, 6) is 0. The zero-order valence-corrected chi connectivity index (χ0v) is 11.5. The minimum absolute atomic E-state index is 0.922. The van der Waals surface area contributed by atoms with Crippen molar-refractivity contribution >= 4 is 0 Å². The Bertz CT molecular complexity index is 161. The second kappa shape index (κ2) is 8.04. The van der Waals surface area contributed by atoms with Crippen LogP contribution in [-0.2, 0) is 0 Å². The van der Waals surface area contributed by atoms with Crippen molar-refractivity contribution in [2.45, 2.75) is 39.7 Å². The van der Waals surface area contributed by atoms with Crippen LogP contribution in [0.4, 0.5) is 0 Å². The first-order valence-electron chi connectivity index (χ1n) is 7.30. The third kappa shape index (κ3) is 4.81. The Kier molecular flexibility index (Phi) is 7.01. The summed E-state index contributed by atoms with van der Waals surface area (Å²) in [6.07, 6.45) is 2.85. The van der Waals surface area contributed by atoms with Crippen LogP contribution in [0.1, 0.15) is 33.6 Å². The third-order valence-corrected chi connectivity index (χ3v) is 4.24. The lowest BCUT2D eigenvalue weighted by atomic mass is 10.1. The molecule has 0 radical (unpaired) electrons. The van der Waals surface area contributed by atoms with E-state index in [-0.39, 0.29) is 0 Å². The minimum Gasteiger partial charge on any atom is -0.339 e. The molecule has 4 N–H and O–H groups in total. The topological polar surface area (TPSA) is 25.5 Å². The first kappa shape index (κ1) is 13.9. The van der Waals surface area contributed by atoms with Gasteiger partial charge in [0.2, 0.25) is 0 Å². The Morgan fingerprint density at radius 1 is 1.12 bits per heavy atom. The van der Waals surface area contributed by atoms with Gasteiger partial charge in [-0.1, -0.05) is 0 Å². The molecule has 16 heavy (non-hydrogen) atoms. The van der Waals surface area contributed by atoms with Crippen LogP contribution >= 0.6 is 0 Å². The molecule has 3 heteroatoms. The number of hydrogen-bond acceptors (Lipinski definition) is 0. The molecular weight excluding hydrogens is 198 g/mol. The summed E-state index contributed by atoms with van der Waals surface area (Å²) < 4.78 is 0.